The van der Waals surface area contributed by atoms with Crippen LogP contribution in [0.1, 0.15) is 12.0 Å². The van der Waals surface area contributed by atoms with Crippen LogP contribution in [0.4, 0.5) is 10.7 Å². The number of nitrogens with two attached hydrogens (primary N) is 1. The summed E-state index contributed by atoms with van der Waals surface area (Å²) in [6.07, 6.45) is 0.933. The first kappa shape index (κ1) is 13.7. The Kier molecular flexibility index (Phi) is 4.67. The summed E-state index contributed by atoms with van der Waals surface area (Å²) in [6.45, 7) is 0.859. The predicted octanol–water partition coefficient (Wildman–Crippen LogP) is 3.91. The van der Waals surface area contributed by atoms with E-state index in [1.165, 1.54) is 11.3 Å². The van der Waals surface area contributed by atoms with Crippen LogP contribution in [-0.4, -0.2) is 12.4 Å². The molecule has 0 saturated heterocycles. The van der Waals surface area contributed by atoms with Crippen molar-refractivity contribution < 1.29 is 0 Å². The van der Waals surface area contributed by atoms with Gasteiger partial charge in [0.2, 0.25) is 0 Å². The first-order valence-corrected chi connectivity index (χ1v) is 7.35. The number of nitrogens with one attached hydrogen (secondary N) is 1. The van der Waals surface area contributed by atoms with Gasteiger partial charge in [0, 0.05) is 29.1 Å². The molecule has 1 heterocycles. The summed E-state index contributed by atoms with van der Waals surface area (Å²) >= 11 is 7.02. The number of anilines is 2. The van der Waals surface area contributed by atoms with E-state index in [0.717, 1.165) is 29.8 Å². The Balaban J connectivity index is 2.16. The molecule has 0 saturated carbocycles. The van der Waals surface area contributed by atoms with Gasteiger partial charge in [0.15, 0.2) is 0 Å². The van der Waals surface area contributed by atoms with Gasteiger partial charge in [-0.3, -0.25) is 0 Å². The summed E-state index contributed by atoms with van der Waals surface area (Å²) in [5, 5.41) is 14.9. The molecule has 0 atom stereocenters. The lowest BCUT2D eigenvalue weighted by Crippen LogP contribution is -2.01. The molecule has 5 heteroatoms. The van der Waals surface area contributed by atoms with Gasteiger partial charge in [0.05, 0.1) is 5.56 Å². The Hall–Kier alpha value is -1.70. The number of hydrogen-bond donors (Lipinski definition) is 2. The van der Waals surface area contributed by atoms with E-state index in [9.17, 15) is 0 Å². The molecule has 1 aromatic heterocycles. The lowest BCUT2D eigenvalue weighted by molar-refractivity contribution is 0.987. The van der Waals surface area contributed by atoms with Crippen molar-refractivity contribution >= 4 is 33.6 Å². The van der Waals surface area contributed by atoms with Crippen LogP contribution in [0.5, 0.6) is 0 Å². The molecular formula is C14H14ClN3S. The molecule has 0 aliphatic rings. The lowest BCUT2D eigenvalue weighted by atomic mass is 10.0. The number of nitrogens with zero attached hydrogens (tertiary/aromatic N) is 1. The van der Waals surface area contributed by atoms with Crippen molar-refractivity contribution in [3.63, 3.8) is 0 Å². The summed E-state index contributed by atoms with van der Waals surface area (Å²) in [7, 11) is 0. The Morgan fingerprint density at radius 3 is 2.68 bits per heavy atom. The molecule has 2 aromatic rings. The van der Waals surface area contributed by atoms with Crippen molar-refractivity contribution in [2.75, 3.05) is 23.5 Å². The molecule has 0 unspecified atom stereocenters. The highest BCUT2D eigenvalue weighted by molar-refractivity contribution is 7.14. The Morgan fingerprint density at radius 1 is 1.32 bits per heavy atom. The molecule has 0 aliphatic carbocycles. The minimum absolute atomic E-state index is 0.563. The quantitative estimate of drug-likeness (QED) is 0.648. The monoisotopic (exact) mass is 291 g/mol. The SMILES string of the molecule is N#Cc1c(-c2ccc(NCCCCl)cc2)csc1N. The maximum atomic E-state index is 9.10. The van der Waals surface area contributed by atoms with Gasteiger partial charge in [-0.2, -0.15) is 5.26 Å². The van der Waals surface area contributed by atoms with Gasteiger partial charge in [-0.25, -0.2) is 0 Å². The fourth-order valence-electron chi connectivity index (χ4n) is 1.77. The molecular weight excluding hydrogens is 278 g/mol. The molecule has 0 amide bonds. The highest BCUT2D eigenvalue weighted by Crippen LogP contribution is 2.33. The molecule has 3 N–H and O–H groups in total. The van der Waals surface area contributed by atoms with E-state index in [2.05, 4.69) is 11.4 Å². The van der Waals surface area contributed by atoms with Crippen molar-refractivity contribution in [2.24, 2.45) is 0 Å². The van der Waals surface area contributed by atoms with Crippen LogP contribution < -0.4 is 11.1 Å². The van der Waals surface area contributed by atoms with Crippen molar-refractivity contribution in [1.82, 2.24) is 0 Å². The molecule has 3 nitrogen and oxygen atoms in total. The third kappa shape index (κ3) is 3.19. The van der Waals surface area contributed by atoms with Crippen molar-refractivity contribution in [3.8, 4) is 17.2 Å². The number of benzene rings is 1. The highest BCUT2D eigenvalue weighted by Gasteiger charge is 2.10. The normalized spacial score (nSPS) is 10.1. The van der Waals surface area contributed by atoms with E-state index >= 15 is 0 Å². The standard InChI is InChI=1S/C14H14ClN3S/c15-6-1-7-18-11-4-2-10(3-5-11)13-9-19-14(17)12(13)8-16/h2-5,9,18H,1,6-7,17H2. The zero-order valence-electron chi connectivity index (χ0n) is 10.3. The second-order valence-electron chi connectivity index (χ2n) is 4.05. The van der Waals surface area contributed by atoms with E-state index in [1.807, 2.05) is 29.6 Å². The van der Waals surface area contributed by atoms with Gasteiger partial charge in [-0.15, -0.1) is 22.9 Å². The van der Waals surface area contributed by atoms with E-state index in [-0.39, 0.29) is 0 Å². The van der Waals surface area contributed by atoms with Crippen LogP contribution in [0.3, 0.4) is 0 Å². The van der Waals surface area contributed by atoms with E-state index in [1.54, 1.807) is 0 Å². The number of thiophene rings is 1. The number of hydrogen-bond acceptors (Lipinski definition) is 4. The van der Waals surface area contributed by atoms with Crippen molar-refractivity contribution in [1.29, 1.82) is 5.26 Å². The third-order valence-electron chi connectivity index (χ3n) is 2.77. The average molecular weight is 292 g/mol. The maximum Gasteiger partial charge on any atom is 0.104 e. The van der Waals surface area contributed by atoms with Crippen molar-refractivity contribution in [3.05, 3.63) is 35.2 Å². The van der Waals surface area contributed by atoms with Crippen LogP contribution in [0.15, 0.2) is 29.6 Å². The summed E-state index contributed by atoms with van der Waals surface area (Å²) in [5.41, 5.74) is 9.29. The number of rotatable bonds is 5. The fourth-order valence-corrected chi connectivity index (χ4v) is 2.67. The molecule has 1 aromatic carbocycles. The maximum absolute atomic E-state index is 9.10. The smallest absolute Gasteiger partial charge is 0.104 e. The Labute approximate surface area is 121 Å². The van der Waals surface area contributed by atoms with Crippen LogP contribution in [0, 0.1) is 11.3 Å². The first-order valence-electron chi connectivity index (χ1n) is 5.93. The molecule has 0 spiro atoms. The zero-order chi connectivity index (χ0) is 13.7. The zero-order valence-corrected chi connectivity index (χ0v) is 11.9. The number of halogens is 1. The molecule has 0 aliphatic heterocycles. The minimum Gasteiger partial charge on any atom is -0.389 e. The second-order valence-corrected chi connectivity index (χ2v) is 5.34. The van der Waals surface area contributed by atoms with Crippen LogP contribution in [-0.2, 0) is 0 Å². The summed E-state index contributed by atoms with van der Waals surface area (Å²) < 4.78 is 0. The van der Waals surface area contributed by atoms with Gasteiger partial charge in [0.25, 0.3) is 0 Å². The van der Waals surface area contributed by atoms with E-state index in [0.29, 0.717) is 16.4 Å². The highest BCUT2D eigenvalue weighted by atomic mass is 35.5. The third-order valence-corrected chi connectivity index (χ3v) is 3.85. The molecule has 98 valence electrons. The summed E-state index contributed by atoms with van der Waals surface area (Å²) in [4.78, 5) is 0. The van der Waals surface area contributed by atoms with Gasteiger partial charge in [0.1, 0.15) is 11.1 Å². The van der Waals surface area contributed by atoms with E-state index in [4.69, 9.17) is 22.6 Å². The number of nitrogen functional groups attached to an aromatic ring is 1. The predicted molar refractivity (Wildman–Crippen MR) is 82.7 cm³/mol. The van der Waals surface area contributed by atoms with Crippen LogP contribution in [0.25, 0.3) is 11.1 Å². The van der Waals surface area contributed by atoms with Gasteiger partial charge in [-0.1, -0.05) is 12.1 Å². The van der Waals surface area contributed by atoms with Crippen LogP contribution >= 0.6 is 22.9 Å². The Bertz CT molecular complexity index is 584. The topological polar surface area (TPSA) is 61.8 Å². The van der Waals surface area contributed by atoms with Crippen LogP contribution in [0.2, 0.25) is 0 Å². The largest absolute Gasteiger partial charge is 0.389 e. The molecule has 0 radical (unpaired) electrons. The lowest BCUT2D eigenvalue weighted by Gasteiger charge is -2.06. The van der Waals surface area contributed by atoms with Gasteiger partial charge < -0.3 is 11.1 Å². The fraction of sp³-hybridized carbons (Fsp3) is 0.214. The molecule has 2 rings (SSSR count). The Morgan fingerprint density at radius 2 is 2.05 bits per heavy atom. The molecule has 0 bridgehead atoms. The summed E-state index contributed by atoms with van der Waals surface area (Å²) in [6, 6.07) is 10.1. The second kappa shape index (κ2) is 6.46. The van der Waals surface area contributed by atoms with Gasteiger partial charge in [-0.05, 0) is 24.1 Å². The minimum atomic E-state index is 0.563. The number of nitriles is 1. The number of alkyl halides is 1. The first-order chi connectivity index (χ1) is 9.26. The van der Waals surface area contributed by atoms with Gasteiger partial charge >= 0.3 is 0 Å². The van der Waals surface area contributed by atoms with E-state index < -0.39 is 0 Å². The molecule has 19 heavy (non-hydrogen) atoms. The molecule has 0 fully saturated rings. The average Bonchev–Trinajstić information content (AvgIpc) is 2.81. The summed E-state index contributed by atoms with van der Waals surface area (Å²) in [5.74, 6) is 0.658. The van der Waals surface area contributed by atoms with Crippen molar-refractivity contribution in [2.45, 2.75) is 6.42 Å².